The van der Waals surface area contributed by atoms with Crippen molar-refractivity contribution in [2.75, 3.05) is 9.80 Å². The van der Waals surface area contributed by atoms with E-state index in [1.807, 2.05) is 82.3 Å². The lowest BCUT2D eigenvalue weighted by Crippen LogP contribution is -2.57. The molecule has 38 heavy (non-hydrogen) atoms. The van der Waals surface area contributed by atoms with Gasteiger partial charge in [-0.05, 0) is 112 Å². The van der Waals surface area contributed by atoms with Crippen molar-refractivity contribution in [2.24, 2.45) is 0 Å². The summed E-state index contributed by atoms with van der Waals surface area (Å²) in [6.07, 6.45) is 1.70. The molecule has 1 fully saturated rings. The number of hydrogen-bond donors (Lipinski definition) is 0. The summed E-state index contributed by atoms with van der Waals surface area (Å²) in [7, 11) is 0. The van der Waals surface area contributed by atoms with Crippen LogP contribution in [0.15, 0.2) is 84.4 Å². The molecule has 4 aromatic rings. The standard InChI is InChI=1S/C32H29N3O2S/c1-20-11-14-27(15-12-20)33-23(4)18-25(24(33)5)19-29-30(36)34(26-9-7-6-8-10-26)32(38)35(31(29)37)28-16-13-21(2)22(3)17-28/h6-19H,1-5H3/b29-19+. The molecule has 0 unspecified atom stereocenters. The maximum absolute atomic E-state index is 14.0. The number of carbonyl (C=O) groups is 2. The third-order valence-corrected chi connectivity index (χ3v) is 7.44. The number of aromatic nitrogens is 1. The van der Waals surface area contributed by atoms with Crippen LogP contribution >= 0.6 is 12.2 Å². The van der Waals surface area contributed by atoms with Gasteiger partial charge in [0.25, 0.3) is 11.8 Å². The molecule has 2 heterocycles. The van der Waals surface area contributed by atoms with Crippen LogP contribution in [0.4, 0.5) is 11.4 Å². The van der Waals surface area contributed by atoms with Crippen LogP contribution in [0.2, 0.25) is 0 Å². The summed E-state index contributed by atoms with van der Waals surface area (Å²) in [4.78, 5) is 30.7. The van der Waals surface area contributed by atoms with Gasteiger partial charge >= 0.3 is 0 Å². The molecule has 0 aliphatic carbocycles. The normalized spacial score (nSPS) is 15.1. The lowest BCUT2D eigenvalue weighted by atomic mass is 10.0. The highest BCUT2D eigenvalue weighted by atomic mass is 32.1. The van der Waals surface area contributed by atoms with Gasteiger partial charge in [-0.2, -0.15) is 0 Å². The SMILES string of the molecule is Cc1ccc(-n2c(C)cc(/C=C3\C(=O)N(c4ccccc4)C(=S)N(c4ccc(C)c(C)c4)C3=O)c2C)cc1. The van der Waals surface area contributed by atoms with E-state index in [9.17, 15) is 9.59 Å². The van der Waals surface area contributed by atoms with Gasteiger partial charge in [-0.25, -0.2) is 0 Å². The molecule has 0 bridgehead atoms. The first-order valence-corrected chi connectivity index (χ1v) is 12.9. The van der Waals surface area contributed by atoms with Gasteiger partial charge in [-0.3, -0.25) is 19.4 Å². The van der Waals surface area contributed by atoms with Gasteiger partial charge in [0.2, 0.25) is 0 Å². The second kappa shape index (κ2) is 9.88. The molecule has 0 radical (unpaired) electrons. The molecular formula is C32H29N3O2S. The number of nitrogens with zero attached hydrogens (tertiary/aromatic N) is 3. The second-order valence-electron chi connectivity index (χ2n) is 9.72. The van der Waals surface area contributed by atoms with Gasteiger partial charge in [-0.15, -0.1) is 0 Å². The summed E-state index contributed by atoms with van der Waals surface area (Å²) in [5.41, 5.74) is 8.42. The molecule has 0 atom stereocenters. The van der Waals surface area contributed by atoms with E-state index in [0.29, 0.717) is 11.4 Å². The van der Waals surface area contributed by atoms with Crippen molar-refractivity contribution in [2.45, 2.75) is 34.6 Å². The summed E-state index contributed by atoms with van der Waals surface area (Å²) in [6, 6.07) is 25.3. The summed E-state index contributed by atoms with van der Waals surface area (Å²) in [5.74, 6) is -0.873. The Labute approximate surface area is 228 Å². The number of carbonyl (C=O) groups excluding carboxylic acids is 2. The van der Waals surface area contributed by atoms with Crippen molar-refractivity contribution in [1.29, 1.82) is 0 Å². The Balaban J connectivity index is 1.66. The maximum Gasteiger partial charge on any atom is 0.270 e. The van der Waals surface area contributed by atoms with Crippen LogP contribution in [-0.4, -0.2) is 21.5 Å². The Morgan fingerprint density at radius 3 is 1.89 bits per heavy atom. The lowest BCUT2D eigenvalue weighted by Gasteiger charge is -2.36. The van der Waals surface area contributed by atoms with Crippen LogP contribution in [0.1, 0.15) is 33.6 Å². The smallest absolute Gasteiger partial charge is 0.270 e. The number of amides is 2. The topological polar surface area (TPSA) is 45.6 Å². The highest BCUT2D eigenvalue weighted by molar-refractivity contribution is 7.81. The van der Waals surface area contributed by atoms with Crippen LogP contribution in [0.25, 0.3) is 11.8 Å². The molecule has 0 N–H and O–H groups in total. The number of para-hydroxylation sites is 1. The molecule has 0 spiro atoms. The molecular weight excluding hydrogens is 490 g/mol. The summed E-state index contributed by atoms with van der Waals surface area (Å²) >= 11 is 5.76. The summed E-state index contributed by atoms with van der Waals surface area (Å²) < 4.78 is 2.13. The third-order valence-electron chi connectivity index (χ3n) is 7.07. The number of aryl methyl sites for hydroxylation is 4. The zero-order valence-corrected chi connectivity index (χ0v) is 23.0. The number of benzene rings is 3. The minimum absolute atomic E-state index is 0.0600. The largest absolute Gasteiger partial charge is 0.318 e. The average Bonchev–Trinajstić information content (AvgIpc) is 3.17. The van der Waals surface area contributed by atoms with Crippen LogP contribution < -0.4 is 9.80 Å². The third kappa shape index (κ3) is 4.37. The molecule has 0 saturated carbocycles. The van der Waals surface area contributed by atoms with Crippen molar-refractivity contribution in [3.05, 3.63) is 118 Å². The first kappa shape index (κ1) is 25.4. The highest BCUT2D eigenvalue weighted by Crippen LogP contribution is 2.32. The Hall–Kier alpha value is -4.29. The van der Waals surface area contributed by atoms with Gasteiger partial charge in [0, 0.05) is 17.1 Å². The fourth-order valence-corrected chi connectivity index (χ4v) is 5.18. The quantitative estimate of drug-likeness (QED) is 0.170. The molecule has 3 aromatic carbocycles. The van der Waals surface area contributed by atoms with Crippen molar-refractivity contribution < 1.29 is 9.59 Å². The molecule has 1 aliphatic heterocycles. The van der Waals surface area contributed by atoms with E-state index in [0.717, 1.165) is 33.8 Å². The van der Waals surface area contributed by atoms with Crippen molar-refractivity contribution in [3.63, 3.8) is 0 Å². The Morgan fingerprint density at radius 1 is 0.658 bits per heavy atom. The van der Waals surface area contributed by atoms with Gasteiger partial charge in [-0.1, -0.05) is 42.0 Å². The predicted molar refractivity (Wildman–Crippen MR) is 158 cm³/mol. The Morgan fingerprint density at radius 2 is 1.26 bits per heavy atom. The van der Waals surface area contributed by atoms with Crippen molar-refractivity contribution >= 4 is 46.6 Å². The molecule has 5 nitrogen and oxygen atoms in total. The van der Waals surface area contributed by atoms with E-state index in [1.54, 1.807) is 6.08 Å². The lowest BCUT2D eigenvalue weighted by molar-refractivity contribution is -0.120. The first-order valence-electron chi connectivity index (χ1n) is 12.5. The minimum atomic E-state index is -0.438. The summed E-state index contributed by atoms with van der Waals surface area (Å²) in [6.45, 7) is 10.1. The van der Waals surface area contributed by atoms with Crippen LogP contribution in [0.3, 0.4) is 0 Å². The predicted octanol–water partition coefficient (Wildman–Crippen LogP) is 6.77. The van der Waals surface area contributed by atoms with E-state index in [-0.39, 0.29) is 10.7 Å². The van der Waals surface area contributed by atoms with E-state index in [4.69, 9.17) is 12.2 Å². The first-order chi connectivity index (χ1) is 18.2. The van der Waals surface area contributed by atoms with E-state index >= 15 is 0 Å². The maximum atomic E-state index is 14.0. The van der Waals surface area contributed by atoms with Crippen LogP contribution in [0.5, 0.6) is 0 Å². The molecule has 190 valence electrons. The number of anilines is 2. The molecule has 1 aliphatic rings. The molecule has 1 saturated heterocycles. The second-order valence-corrected chi connectivity index (χ2v) is 10.1. The monoisotopic (exact) mass is 519 g/mol. The average molecular weight is 520 g/mol. The number of rotatable bonds is 4. The number of thiocarbonyl (C=S) groups is 1. The summed E-state index contributed by atoms with van der Waals surface area (Å²) in [5, 5.41) is 0.136. The van der Waals surface area contributed by atoms with Crippen molar-refractivity contribution in [3.8, 4) is 5.69 Å². The molecule has 6 heteroatoms. The van der Waals surface area contributed by atoms with Crippen molar-refractivity contribution in [1.82, 2.24) is 4.57 Å². The Kier molecular flexibility index (Phi) is 6.59. The van der Waals surface area contributed by atoms with Gasteiger partial charge < -0.3 is 4.57 Å². The minimum Gasteiger partial charge on any atom is -0.318 e. The van der Waals surface area contributed by atoms with Gasteiger partial charge in [0.05, 0.1) is 11.4 Å². The highest BCUT2D eigenvalue weighted by Gasteiger charge is 2.41. The zero-order chi connectivity index (χ0) is 27.1. The molecule has 5 rings (SSSR count). The van der Waals surface area contributed by atoms with Crippen LogP contribution in [0, 0.1) is 34.6 Å². The Bertz CT molecular complexity index is 1610. The van der Waals surface area contributed by atoms with E-state index in [2.05, 4.69) is 35.8 Å². The van der Waals surface area contributed by atoms with E-state index in [1.165, 1.54) is 15.4 Å². The number of hydrogen-bond acceptors (Lipinski definition) is 3. The molecule has 2 amide bonds. The molecule has 1 aromatic heterocycles. The fourth-order valence-electron chi connectivity index (χ4n) is 4.81. The zero-order valence-electron chi connectivity index (χ0n) is 22.1. The fraction of sp³-hybridized carbons (Fsp3) is 0.156. The van der Waals surface area contributed by atoms with Gasteiger partial charge in [0.1, 0.15) is 5.57 Å². The van der Waals surface area contributed by atoms with Crippen LogP contribution in [-0.2, 0) is 9.59 Å². The van der Waals surface area contributed by atoms with E-state index < -0.39 is 11.8 Å². The van der Waals surface area contributed by atoms with Gasteiger partial charge in [0.15, 0.2) is 5.11 Å².